The Morgan fingerprint density at radius 1 is 0.926 bits per heavy atom. The Morgan fingerprint density at radius 3 is 1.81 bits per heavy atom. The number of azo groups is 1. The number of hydrogen-bond acceptors (Lipinski definition) is 4. The molecule has 0 unspecified atom stereocenters. The molecule has 140 valence electrons. The van der Waals surface area contributed by atoms with Crippen LogP contribution in [0.15, 0.2) is 69.1 Å². The van der Waals surface area contributed by atoms with Crippen LogP contribution in [0.4, 0.5) is 5.69 Å². The molecule has 0 saturated heterocycles. The van der Waals surface area contributed by atoms with Gasteiger partial charge >= 0.3 is 0 Å². The van der Waals surface area contributed by atoms with Crippen molar-refractivity contribution in [2.45, 2.75) is 48.5 Å². The molecule has 0 radical (unpaired) electrons. The van der Waals surface area contributed by atoms with Gasteiger partial charge in [-0.15, -0.1) is 0 Å². The molecule has 27 heavy (non-hydrogen) atoms. The first-order valence-corrected chi connectivity index (χ1v) is 9.05. The van der Waals surface area contributed by atoms with Crippen LogP contribution in [0.1, 0.15) is 54.0 Å². The van der Waals surface area contributed by atoms with Crippen molar-refractivity contribution in [3.05, 3.63) is 64.4 Å². The summed E-state index contributed by atoms with van der Waals surface area (Å²) < 4.78 is 0. The molecule has 0 fully saturated rings. The van der Waals surface area contributed by atoms with E-state index in [-0.39, 0.29) is 16.6 Å². The molecule has 0 saturated carbocycles. The second-order valence-electron chi connectivity index (χ2n) is 8.84. The van der Waals surface area contributed by atoms with Gasteiger partial charge in [-0.3, -0.25) is 4.79 Å². The highest BCUT2D eigenvalue weighted by atomic mass is 16.1. The molecule has 1 aliphatic carbocycles. The summed E-state index contributed by atoms with van der Waals surface area (Å²) >= 11 is 0. The van der Waals surface area contributed by atoms with Crippen molar-refractivity contribution in [2.24, 2.45) is 21.1 Å². The van der Waals surface area contributed by atoms with Crippen LogP contribution < -0.4 is 0 Å². The van der Waals surface area contributed by atoms with Crippen LogP contribution in [0.25, 0.3) is 0 Å². The summed E-state index contributed by atoms with van der Waals surface area (Å²) in [6, 6.07) is 9.03. The van der Waals surface area contributed by atoms with Gasteiger partial charge in [-0.25, -0.2) is 0 Å². The van der Waals surface area contributed by atoms with Gasteiger partial charge in [0.25, 0.3) is 0 Å². The molecule has 4 heteroatoms. The van der Waals surface area contributed by atoms with Crippen LogP contribution in [0.2, 0.25) is 0 Å². The highest BCUT2D eigenvalue weighted by Gasteiger charge is 2.34. The summed E-state index contributed by atoms with van der Waals surface area (Å²) in [6.07, 6.45) is 3.87. The van der Waals surface area contributed by atoms with Gasteiger partial charge in [0.05, 0.1) is 23.0 Å². The highest BCUT2D eigenvalue weighted by molar-refractivity contribution is 6.11. The van der Waals surface area contributed by atoms with Crippen molar-refractivity contribution in [2.75, 3.05) is 0 Å². The third kappa shape index (κ3) is 4.89. The fraction of sp³-hybridized carbons (Fsp3) is 0.391. The Kier molecular flexibility index (Phi) is 5.65. The first-order chi connectivity index (χ1) is 12.4. The zero-order chi connectivity index (χ0) is 20.4. The van der Waals surface area contributed by atoms with E-state index >= 15 is 0 Å². The number of allylic oxidation sites excluding steroid dienone is 6. The first-order valence-electron chi connectivity index (χ1n) is 9.05. The van der Waals surface area contributed by atoms with E-state index in [1.807, 2.05) is 60.6 Å². The zero-order valence-corrected chi connectivity index (χ0v) is 17.2. The van der Waals surface area contributed by atoms with E-state index in [0.29, 0.717) is 11.3 Å². The number of nitriles is 1. The Labute approximate surface area is 162 Å². The quantitative estimate of drug-likeness (QED) is 0.569. The number of hydrogen-bond donors (Lipinski definition) is 0. The van der Waals surface area contributed by atoms with E-state index in [0.717, 1.165) is 22.4 Å². The van der Waals surface area contributed by atoms with Crippen LogP contribution >= 0.6 is 0 Å². The molecule has 1 aliphatic rings. The van der Waals surface area contributed by atoms with Gasteiger partial charge in [0.1, 0.15) is 0 Å². The summed E-state index contributed by atoms with van der Waals surface area (Å²) in [4.78, 5) is 13.0. The smallest absolute Gasteiger partial charge is 0.186 e. The summed E-state index contributed by atoms with van der Waals surface area (Å²) in [7, 11) is 0. The molecule has 0 N–H and O–H groups in total. The van der Waals surface area contributed by atoms with E-state index in [2.05, 4.69) is 16.3 Å². The fourth-order valence-corrected chi connectivity index (χ4v) is 2.75. The standard InChI is InChI=1S/C23H27N3O/c1-15(25-26-18-10-8-16(14-24)9-11-18)17-12-19(22(2,3)4)21(27)20(13-17)23(5,6)7/h8-13H,1-7H3. The summed E-state index contributed by atoms with van der Waals surface area (Å²) in [6.45, 7) is 14.2. The van der Waals surface area contributed by atoms with Crippen LogP contribution in [-0.4, -0.2) is 5.78 Å². The third-order valence-electron chi connectivity index (χ3n) is 4.43. The molecule has 2 rings (SSSR count). The lowest BCUT2D eigenvalue weighted by Crippen LogP contribution is -2.28. The van der Waals surface area contributed by atoms with Crippen molar-refractivity contribution in [1.82, 2.24) is 0 Å². The second kappa shape index (κ2) is 7.44. The lowest BCUT2D eigenvalue weighted by atomic mass is 9.72. The molecule has 0 aromatic heterocycles. The molecule has 4 nitrogen and oxygen atoms in total. The maximum Gasteiger partial charge on any atom is 0.186 e. The molecule has 1 aromatic rings. The number of rotatable bonds is 2. The predicted octanol–water partition coefficient (Wildman–Crippen LogP) is 6.44. The Bertz CT molecular complexity index is 870. The molecule has 0 spiro atoms. The van der Waals surface area contributed by atoms with Gasteiger partial charge in [0.15, 0.2) is 5.78 Å². The largest absolute Gasteiger partial charge is 0.289 e. The van der Waals surface area contributed by atoms with Gasteiger partial charge in [-0.05, 0) is 59.7 Å². The lowest BCUT2D eigenvalue weighted by molar-refractivity contribution is -0.114. The van der Waals surface area contributed by atoms with E-state index in [1.165, 1.54) is 0 Å². The first kappa shape index (κ1) is 20.5. The molecule has 0 atom stereocenters. The number of carbonyl (C=O) groups excluding carboxylic acids is 1. The maximum absolute atomic E-state index is 13.0. The number of nitrogens with zero attached hydrogens (tertiary/aromatic N) is 3. The molecule has 0 bridgehead atoms. The Balaban J connectivity index is 2.48. The molecular weight excluding hydrogens is 334 g/mol. The van der Waals surface area contributed by atoms with E-state index < -0.39 is 0 Å². The summed E-state index contributed by atoms with van der Waals surface area (Å²) in [5.74, 6) is 0.107. The van der Waals surface area contributed by atoms with Crippen molar-refractivity contribution >= 4 is 11.5 Å². The summed E-state index contributed by atoms with van der Waals surface area (Å²) in [5, 5.41) is 17.5. The SMILES string of the molecule is CC(N=Nc1ccc(C#N)cc1)=C1C=C(C(C)(C)C)C(=O)C(C(C)(C)C)=C1. The number of benzene rings is 1. The molecule has 0 aliphatic heterocycles. The minimum Gasteiger partial charge on any atom is -0.289 e. The van der Waals surface area contributed by atoms with Crippen molar-refractivity contribution in [3.8, 4) is 6.07 Å². The van der Waals surface area contributed by atoms with Gasteiger partial charge in [0.2, 0.25) is 0 Å². The number of ketones is 1. The zero-order valence-electron chi connectivity index (χ0n) is 17.2. The maximum atomic E-state index is 13.0. The van der Waals surface area contributed by atoms with Gasteiger partial charge < -0.3 is 0 Å². The summed E-state index contributed by atoms with van der Waals surface area (Å²) in [5.41, 5.74) is 3.99. The number of Topliss-reactive ketones (excluding diaryl/α,β-unsaturated/α-hetero) is 1. The van der Waals surface area contributed by atoms with Crippen molar-refractivity contribution in [1.29, 1.82) is 5.26 Å². The third-order valence-corrected chi connectivity index (χ3v) is 4.43. The van der Waals surface area contributed by atoms with E-state index in [1.54, 1.807) is 24.3 Å². The second-order valence-corrected chi connectivity index (χ2v) is 8.84. The number of carbonyl (C=O) groups is 1. The van der Waals surface area contributed by atoms with E-state index in [4.69, 9.17) is 5.26 Å². The molecular formula is C23H27N3O. The minimum absolute atomic E-state index is 0.107. The van der Waals surface area contributed by atoms with Crippen molar-refractivity contribution in [3.63, 3.8) is 0 Å². The molecule has 0 heterocycles. The topological polar surface area (TPSA) is 65.6 Å². The lowest BCUT2D eigenvalue weighted by Gasteiger charge is -2.31. The Morgan fingerprint density at radius 2 is 1.41 bits per heavy atom. The predicted molar refractivity (Wildman–Crippen MR) is 108 cm³/mol. The monoisotopic (exact) mass is 361 g/mol. The average molecular weight is 361 g/mol. The van der Waals surface area contributed by atoms with Crippen LogP contribution in [0.5, 0.6) is 0 Å². The molecule has 1 aromatic carbocycles. The van der Waals surface area contributed by atoms with Gasteiger partial charge in [-0.2, -0.15) is 15.5 Å². The minimum atomic E-state index is -0.252. The normalized spacial score (nSPS) is 15.5. The van der Waals surface area contributed by atoms with Crippen LogP contribution in [0, 0.1) is 22.2 Å². The Hall–Kier alpha value is -2.80. The van der Waals surface area contributed by atoms with E-state index in [9.17, 15) is 4.79 Å². The fourth-order valence-electron chi connectivity index (χ4n) is 2.75. The van der Waals surface area contributed by atoms with Crippen molar-refractivity contribution < 1.29 is 4.79 Å². The highest BCUT2D eigenvalue weighted by Crippen LogP contribution is 2.39. The molecule has 0 amide bonds. The van der Waals surface area contributed by atoms with Gasteiger partial charge in [-0.1, -0.05) is 41.5 Å². The van der Waals surface area contributed by atoms with Crippen LogP contribution in [0.3, 0.4) is 0 Å². The van der Waals surface area contributed by atoms with Crippen LogP contribution in [-0.2, 0) is 4.79 Å². The average Bonchev–Trinajstić information content (AvgIpc) is 2.58. The van der Waals surface area contributed by atoms with Gasteiger partial charge in [0, 0.05) is 11.1 Å².